The Morgan fingerprint density at radius 1 is 1.29 bits per heavy atom. The number of epoxide rings is 1. The highest BCUT2D eigenvalue weighted by Gasteiger charge is 2.45. The minimum Gasteiger partial charge on any atom is -0.458 e. The molecule has 2 aliphatic rings. The van der Waals surface area contributed by atoms with Gasteiger partial charge in [0, 0.05) is 23.1 Å². The van der Waals surface area contributed by atoms with Crippen molar-refractivity contribution in [2.45, 2.75) is 98.1 Å². The Labute approximate surface area is 212 Å². The van der Waals surface area contributed by atoms with Crippen LogP contribution in [0.15, 0.2) is 11.0 Å². The van der Waals surface area contributed by atoms with Gasteiger partial charge < -0.3 is 14.6 Å². The van der Waals surface area contributed by atoms with E-state index in [4.69, 9.17) is 9.47 Å². The summed E-state index contributed by atoms with van der Waals surface area (Å²) in [5.41, 5.74) is 0.589. The van der Waals surface area contributed by atoms with Crippen LogP contribution < -0.4 is 0 Å². The molecule has 0 radical (unpaired) electrons. The van der Waals surface area contributed by atoms with Gasteiger partial charge in [-0.3, -0.25) is 9.59 Å². The van der Waals surface area contributed by atoms with E-state index >= 15 is 0 Å². The molecule has 1 unspecified atom stereocenters. The van der Waals surface area contributed by atoms with Crippen molar-refractivity contribution in [1.82, 2.24) is 4.98 Å². The van der Waals surface area contributed by atoms with Gasteiger partial charge in [-0.25, -0.2) is 4.98 Å². The number of aliphatic hydroxyl groups is 1. The first-order valence-corrected chi connectivity index (χ1v) is 13.4. The van der Waals surface area contributed by atoms with Crippen LogP contribution >= 0.6 is 11.3 Å². The number of aryl methyl sites for hydroxylation is 1. The molecule has 0 spiro atoms. The second kappa shape index (κ2) is 11.3. The number of hydrogen-bond donors (Lipinski definition) is 1. The van der Waals surface area contributed by atoms with Crippen molar-refractivity contribution < 1.29 is 24.2 Å². The van der Waals surface area contributed by atoms with Crippen molar-refractivity contribution in [3.63, 3.8) is 0 Å². The molecular formula is C27H38N2O5S. The lowest BCUT2D eigenvalue weighted by molar-refractivity contribution is -0.150. The number of fused-ring (bicyclic) bond motifs is 1. The van der Waals surface area contributed by atoms with Crippen LogP contribution in [-0.2, 0) is 19.1 Å². The number of carbonyl (C=O) groups is 2. The molecule has 35 heavy (non-hydrogen) atoms. The molecule has 0 bridgehead atoms. The van der Waals surface area contributed by atoms with Crippen LogP contribution in [0.4, 0.5) is 0 Å². The quantitative estimate of drug-likeness (QED) is 0.453. The maximum absolute atomic E-state index is 13.3. The van der Waals surface area contributed by atoms with Crippen LogP contribution in [0, 0.1) is 41.4 Å². The number of aliphatic hydroxyl groups excluding tert-OH is 1. The molecule has 2 saturated heterocycles. The Kier molecular flexibility index (Phi) is 8.90. The summed E-state index contributed by atoms with van der Waals surface area (Å²) in [4.78, 5) is 30.8. The van der Waals surface area contributed by atoms with Crippen LogP contribution in [-0.4, -0.2) is 46.3 Å². The number of ether oxygens (including phenoxy) is 2. The molecule has 3 heterocycles. The zero-order chi connectivity index (χ0) is 25.9. The molecule has 0 aliphatic carbocycles. The summed E-state index contributed by atoms with van der Waals surface area (Å²) in [5.74, 6) is -2.28. The number of ketones is 1. The summed E-state index contributed by atoms with van der Waals surface area (Å²) < 4.78 is 11.8. The first kappa shape index (κ1) is 27.5. The minimum absolute atomic E-state index is 0.00478. The van der Waals surface area contributed by atoms with E-state index < -0.39 is 35.4 Å². The highest BCUT2D eigenvalue weighted by Crippen LogP contribution is 2.38. The van der Waals surface area contributed by atoms with Gasteiger partial charge in [0.1, 0.15) is 11.9 Å². The average Bonchev–Trinajstić information content (AvgIpc) is 3.42. The predicted molar refractivity (Wildman–Crippen MR) is 134 cm³/mol. The van der Waals surface area contributed by atoms with E-state index in [2.05, 4.69) is 11.1 Å². The first-order chi connectivity index (χ1) is 16.4. The minimum atomic E-state index is -1.10. The number of Topliss-reactive ketones (excluding diaryl/α,β-unsaturated/α-hetero) is 1. The van der Waals surface area contributed by atoms with E-state index in [0.29, 0.717) is 6.42 Å². The molecule has 0 aromatic carbocycles. The largest absolute Gasteiger partial charge is 0.458 e. The Balaban J connectivity index is 1.85. The number of aromatic nitrogens is 1. The molecule has 2 aliphatic heterocycles. The molecule has 7 atom stereocenters. The number of rotatable bonds is 2. The van der Waals surface area contributed by atoms with E-state index in [1.807, 2.05) is 32.2 Å². The van der Waals surface area contributed by atoms with Crippen LogP contribution in [0.5, 0.6) is 0 Å². The number of carbonyl (C=O) groups excluding carboxylic acids is 2. The zero-order valence-electron chi connectivity index (χ0n) is 21.6. The van der Waals surface area contributed by atoms with Gasteiger partial charge in [0.2, 0.25) is 0 Å². The summed E-state index contributed by atoms with van der Waals surface area (Å²) in [6, 6.07) is 2.16. The first-order valence-electron chi connectivity index (χ1n) is 12.5. The standard InChI is InChI=1S/C27H38N2O5S/c1-15-8-7-9-21-23(33-21)12-22(16(2)10-20-14-35-18(4)29-20)34-24(30)11-19(13-28)27(5,6)26(32)17(3)25(15)31/h10,14-15,17,19,21-23,25,31H,7-9,11-12H2,1-6H3/b16-10+/t15-,17+,19+,21+,22-,23-,25?/m0/s1. The van der Waals surface area contributed by atoms with Crippen molar-refractivity contribution in [2.24, 2.45) is 23.2 Å². The van der Waals surface area contributed by atoms with Gasteiger partial charge in [-0.1, -0.05) is 34.1 Å². The third kappa shape index (κ3) is 6.78. The Morgan fingerprint density at radius 3 is 2.63 bits per heavy atom. The van der Waals surface area contributed by atoms with Gasteiger partial charge in [-0.15, -0.1) is 11.3 Å². The van der Waals surface area contributed by atoms with E-state index in [9.17, 15) is 20.0 Å². The van der Waals surface area contributed by atoms with Gasteiger partial charge in [0.05, 0.1) is 47.4 Å². The molecule has 0 saturated carbocycles. The molecule has 1 N–H and O–H groups in total. The van der Waals surface area contributed by atoms with Gasteiger partial charge in [0.15, 0.2) is 0 Å². The fourth-order valence-electron chi connectivity index (χ4n) is 5.00. The summed E-state index contributed by atoms with van der Waals surface area (Å²) >= 11 is 1.56. The number of nitriles is 1. The summed E-state index contributed by atoms with van der Waals surface area (Å²) in [7, 11) is 0. The molecule has 7 nitrogen and oxygen atoms in total. The molecule has 2 fully saturated rings. The third-order valence-electron chi connectivity index (χ3n) is 7.62. The molecule has 1 aromatic heterocycles. The number of thiazole rings is 1. The number of esters is 1. The zero-order valence-corrected chi connectivity index (χ0v) is 22.4. The molecule has 1 aromatic rings. The Morgan fingerprint density at radius 2 is 2.00 bits per heavy atom. The molecular weight excluding hydrogens is 464 g/mol. The summed E-state index contributed by atoms with van der Waals surface area (Å²) in [6.07, 6.45) is 3.61. The lowest BCUT2D eigenvalue weighted by Crippen LogP contribution is -2.43. The lowest BCUT2D eigenvalue weighted by atomic mass is 9.69. The second-order valence-electron chi connectivity index (χ2n) is 10.8. The fourth-order valence-corrected chi connectivity index (χ4v) is 5.57. The average molecular weight is 503 g/mol. The van der Waals surface area contributed by atoms with E-state index in [1.165, 1.54) is 0 Å². The maximum atomic E-state index is 13.3. The van der Waals surface area contributed by atoms with Crippen LogP contribution in [0.2, 0.25) is 0 Å². The molecule has 3 rings (SSSR count). The second-order valence-corrected chi connectivity index (χ2v) is 11.8. The topological polar surface area (TPSA) is 113 Å². The van der Waals surface area contributed by atoms with Crippen molar-refractivity contribution in [1.29, 1.82) is 5.26 Å². The SMILES string of the molecule is C/C(=C\c1csc(C)n1)[C@@H]1C[C@@H]2O[C@@H]2CCC[C@H](C)C(O)[C@@H](C)C(=O)C(C)(C)[C@@H](C#N)CC(=O)O1. The van der Waals surface area contributed by atoms with Crippen LogP contribution in [0.3, 0.4) is 0 Å². The smallest absolute Gasteiger partial charge is 0.307 e. The van der Waals surface area contributed by atoms with Crippen molar-refractivity contribution in [3.8, 4) is 6.07 Å². The third-order valence-corrected chi connectivity index (χ3v) is 8.41. The van der Waals surface area contributed by atoms with E-state index in [-0.39, 0.29) is 30.3 Å². The van der Waals surface area contributed by atoms with E-state index in [1.54, 1.807) is 32.1 Å². The Bertz CT molecular complexity index is 994. The number of hydrogen-bond acceptors (Lipinski definition) is 8. The number of cyclic esters (lactones) is 1. The molecule has 192 valence electrons. The normalized spacial score (nSPS) is 35.0. The highest BCUT2D eigenvalue weighted by molar-refractivity contribution is 7.09. The van der Waals surface area contributed by atoms with Crippen molar-refractivity contribution in [2.75, 3.05) is 0 Å². The van der Waals surface area contributed by atoms with Gasteiger partial charge in [0.25, 0.3) is 0 Å². The van der Waals surface area contributed by atoms with Crippen molar-refractivity contribution in [3.05, 3.63) is 21.7 Å². The van der Waals surface area contributed by atoms with E-state index in [0.717, 1.165) is 35.5 Å². The van der Waals surface area contributed by atoms with Crippen LogP contribution in [0.25, 0.3) is 6.08 Å². The monoisotopic (exact) mass is 502 g/mol. The number of nitrogens with zero attached hydrogens (tertiary/aromatic N) is 2. The summed E-state index contributed by atoms with van der Waals surface area (Å²) in [5, 5.41) is 23.6. The summed E-state index contributed by atoms with van der Waals surface area (Å²) in [6.45, 7) is 10.9. The highest BCUT2D eigenvalue weighted by atomic mass is 32.1. The fraction of sp³-hybridized carbons (Fsp3) is 0.704. The van der Waals surface area contributed by atoms with Crippen molar-refractivity contribution >= 4 is 29.2 Å². The molecule has 0 amide bonds. The lowest BCUT2D eigenvalue weighted by Gasteiger charge is -2.34. The maximum Gasteiger partial charge on any atom is 0.307 e. The molecule has 8 heteroatoms. The predicted octanol–water partition coefficient (Wildman–Crippen LogP) is 4.87. The van der Waals surface area contributed by atoms with Gasteiger partial charge in [-0.05, 0) is 44.3 Å². The Hall–Kier alpha value is -2.08. The van der Waals surface area contributed by atoms with Gasteiger partial charge in [-0.2, -0.15) is 5.26 Å². The van der Waals surface area contributed by atoms with Gasteiger partial charge >= 0.3 is 5.97 Å². The van der Waals surface area contributed by atoms with Crippen LogP contribution in [0.1, 0.15) is 77.4 Å².